The lowest BCUT2D eigenvalue weighted by Gasteiger charge is -2.46. The molecule has 3 atom stereocenters. The smallest absolute Gasteiger partial charge is 0.307 e. The Labute approximate surface area is 122 Å². The fourth-order valence-electron chi connectivity index (χ4n) is 3.40. The van der Waals surface area contributed by atoms with Crippen molar-refractivity contribution < 1.29 is 14.7 Å². The van der Waals surface area contributed by atoms with Crippen LogP contribution in [0.25, 0.3) is 0 Å². The van der Waals surface area contributed by atoms with E-state index in [2.05, 4.69) is 12.2 Å². The number of nitrogens with one attached hydrogen (secondary N) is 1. The first-order valence-electron chi connectivity index (χ1n) is 7.78. The van der Waals surface area contributed by atoms with E-state index in [0.29, 0.717) is 6.42 Å². The van der Waals surface area contributed by atoms with Gasteiger partial charge in [-0.05, 0) is 37.0 Å². The van der Waals surface area contributed by atoms with Crippen LogP contribution in [0.1, 0.15) is 60.3 Å². The van der Waals surface area contributed by atoms with Crippen LogP contribution in [-0.2, 0) is 9.59 Å². The number of carboxylic acids is 1. The molecule has 4 heteroatoms. The molecule has 1 fully saturated rings. The Morgan fingerprint density at radius 1 is 1.25 bits per heavy atom. The molecule has 0 bridgehead atoms. The van der Waals surface area contributed by atoms with Crippen molar-refractivity contribution in [1.29, 1.82) is 0 Å². The van der Waals surface area contributed by atoms with E-state index in [4.69, 9.17) is 0 Å². The van der Waals surface area contributed by atoms with Gasteiger partial charge in [0.1, 0.15) is 0 Å². The summed E-state index contributed by atoms with van der Waals surface area (Å²) in [6.45, 7) is 10.1. The van der Waals surface area contributed by atoms with Crippen LogP contribution < -0.4 is 5.32 Å². The number of carbonyl (C=O) groups is 2. The molecule has 0 heterocycles. The molecule has 116 valence electrons. The second-order valence-corrected chi connectivity index (χ2v) is 6.71. The number of hydrogen-bond donors (Lipinski definition) is 2. The van der Waals surface area contributed by atoms with Gasteiger partial charge in [0.25, 0.3) is 0 Å². The summed E-state index contributed by atoms with van der Waals surface area (Å²) in [5.74, 6) is -0.681. The highest BCUT2D eigenvalue weighted by Gasteiger charge is 2.46. The van der Waals surface area contributed by atoms with Gasteiger partial charge in [-0.15, -0.1) is 0 Å². The topological polar surface area (TPSA) is 66.4 Å². The molecule has 0 aromatic carbocycles. The minimum Gasteiger partial charge on any atom is -0.481 e. The average Bonchev–Trinajstić information content (AvgIpc) is 2.36. The van der Waals surface area contributed by atoms with Crippen LogP contribution in [0, 0.1) is 23.2 Å². The van der Waals surface area contributed by atoms with E-state index < -0.39 is 5.97 Å². The van der Waals surface area contributed by atoms with Crippen molar-refractivity contribution in [3.8, 4) is 0 Å². The standard InChI is InChI=1S/C16H29NO3/c1-6-11(7-2)14(18)17-13-9-8-12(15(19)20)16(4,5)10(13)3/h10-13H,6-9H2,1-5H3,(H,17,18)(H,19,20). The second-order valence-electron chi connectivity index (χ2n) is 6.71. The largest absolute Gasteiger partial charge is 0.481 e. The van der Waals surface area contributed by atoms with Crippen LogP contribution in [0.3, 0.4) is 0 Å². The molecule has 3 unspecified atom stereocenters. The Hall–Kier alpha value is -1.06. The summed E-state index contributed by atoms with van der Waals surface area (Å²) in [5.41, 5.74) is -0.296. The van der Waals surface area contributed by atoms with Gasteiger partial charge < -0.3 is 10.4 Å². The predicted molar refractivity (Wildman–Crippen MR) is 79.3 cm³/mol. The molecule has 20 heavy (non-hydrogen) atoms. The zero-order valence-corrected chi connectivity index (χ0v) is 13.4. The Balaban J connectivity index is 2.76. The molecule has 4 nitrogen and oxygen atoms in total. The van der Waals surface area contributed by atoms with Crippen LogP contribution in [-0.4, -0.2) is 23.0 Å². The third-order valence-corrected chi connectivity index (χ3v) is 5.42. The lowest BCUT2D eigenvalue weighted by molar-refractivity contribution is -0.150. The van der Waals surface area contributed by atoms with Gasteiger partial charge >= 0.3 is 5.97 Å². The minimum atomic E-state index is -0.716. The van der Waals surface area contributed by atoms with Gasteiger partial charge in [0.2, 0.25) is 5.91 Å². The number of rotatable bonds is 5. The summed E-state index contributed by atoms with van der Waals surface area (Å²) in [6.07, 6.45) is 3.10. The summed E-state index contributed by atoms with van der Waals surface area (Å²) in [5, 5.41) is 12.5. The van der Waals surface area contributed by atoms with Gasteiger partial charge in [-0.2, -0.15) is 0 Å². The average molecular weight is 283 g/mol. The number of hydrogen-bond acceptors (Lipinski definition) is 2. The van der Waals surface area contributed by atoms with Gasteiger partial charge in [0, 0.05) is 12.0 Å². The van der Waals surface area contributed by atoms with Gasteiger partial charge in [-0.3, -0.25) is 9.59 Å². The van der Waals surface area contributed by atoms with Crippen LogP contribution in [0.4, 0.5) is 0 Å². The van der Waals surface area contributed by atoms with Crippen molar-refractivity contribution in [2.75, 3.05) is 0 Å². The minimum absolute atomic E-state index is 0.0718. The molecule has 0 aromatic rings. The molecule has 0 saturated heterocycles. The highest BCUT2D eigenvalue weighted by atomic mass is 16.4. The van der Waals surface area contributed by atoms with Crippen molar-refractivity contribution in [1.82, 2.24) is 5.32 Å². The number of amides is 1. The highest BCUT2D eigenvalue weighted by Crippen LogP contribution is 2.45. The van der Waals surface area contributed by atoms with E-state index in [1.165, 1.54) is 0 Å². The summed E-state index contributed by atoms with van der Waals surface area (Å²) in [4.78, 5) is 23.6. The summed E-state index contributed by atoms with van der Waals surface area (Å²) < 4.78 is 0. The normalized spacial score (nSPS) is 29.2. The van der Waals surface area contributed by atoms with Gasteiger partial charge in [0.15, 0.2) is 0 Å². The first kappa shape index (κ1) is 17.0. The number of carbonyl (C=O) groups excluding carboxylic acids is 1. The molecule has 1 aliphatic carbocycles. The molecule has 0 spiro atoms. The predicted octanol–water partition coefficient (Wildman–Crippen LogP) is 3.06. The van der Waals surface area contributed by atoms with E-state index in [9.17, 15) is 14.7 Å². The number of aliphatic carboxylic acids is 1. The molecule has 1 amide bonds. The van der Waals surface area contributed by atoms with Crippen molar-refractivity contribution >= 4 is 11.9 Å². The first-order valence-corrected chi connectivity index (χ1v) is 7.78. The van der Waals surface area contributed by atoms with Gasteiger partial charge in [-0.25, -0.2) is 0 Å². The van der Waals surface area contributed by atoms with Crippen molar-refractivity contribution in [2.45, 2.75) is 66.3 Å². The Bertz CT molecular complexity index is 361. The molecule has 1 aliphatic rings. The van der Waals surface area contributed by atoms with E-state index in [1.807, 2.05) is 27.7 Å². The van der Waals surface area contributed by atoms with E-state index >= 15 is 0 Å². The Morgan fingerprint density at radius 2 is 1.80 bits per heavy atom. The maximum Gasteiger partial charge on any atom is 0.307 e. The molecule has 0 aromatic heterocycles. The maximum absolute atomic E-state index is 12.2. The summed E-state index contributed by atoms with van der Waals surface area (Å²) in [6, 6.07) is 0.0914. The molecule has 0 aliphatic heterocycles. The summed E-state index contributed by atoms with van der Waals surface area (Å²) in [7, 11) is 0. The third-order valence-electron chi connectivity index (χ3n) is 5.42. The summed E-state index contributed by atoms with van der Waals surface area (Å²) >= 11 is 0. The molecular weight excluding hydrogens is 254 g/mol. The second kappa shape index (κ2) is 6.59. The van der Waals surface area contributed by atoms with Gasteiger partial charge in [-0.1, -0.05) is 34.6 Å². The molecule has 1 rings (SSSR count). The lowest BCUT2D eigenvalue weighted by Crippen LogP contribution is -2.53. The van der Waals surface area contributed by atoms with E-state index in [-0.39, 0.29) is 35.1 Å². The molecule has 0 radical (unpaired) electrons. The van der Waals surface area contributed by atoms with Crippen LogP contribution in [0.2, 0.25) is 0 Å². The fraction of sp³-hybridized carbons (Fsp3) is 0.875. The zero-order valence-electron chi connectivity index (χ0n) is 13.4. The maximum atomic E-state index is 12.2. The van der Waals surface area contributed by atoms with Crippen LogP contribution in [0.5, 0.6) is 0 Å². The Morgan fingerprint density at radius 3 is 2.25 bits per heavy atom. The van der Waals surface area contributed by atoms with E-state index in [1.54, 1.807) is 0 Å². The third kappa shape index (κ3) is 3.33. The lowest BCUT2D eigenvalue weighted by atomic mass is 9.61. The SMILES string of the molecule is CCC(CC)C(=O)NC1CCC(C(=O)O)C(C)(C)C1C. The van der Waals surface area contributed by atoms with Crippen molar-refractivity contribution in [3.05, 3.63) is 0 Å². The van der Waals surface area contributed by atoms with Crippen molar-refractivity contribution in [2.24, 2.45) is 23.2 Å². The van der Waals surface area contributed by atoms with Crippen molar-refractivity contribution in [3.63, 3.8) is 0 Å². The first-order chi connectivity index (χ1) is 9.25. The zero-order chi connectivity index (χ0) is 15.5. The molecule has 2 N–H and O–H groups in total. The van der Waals surface area contributed by atoms with Crippen LogP contribution in [0.15, 0.2) is 0 Å². The highest BCUT2D eigenvalue weighted by molar-refractivity contribution is 5.79. The quantitative estimate of drug-likeness (QED) is 0.815. The Kier molecular flexibility index (Phi) is 5.60. The molecular formula is C16H29NO3. The van der Waals surface area contributed by atoms with Crippen LogP contribution >= 0.6 is 0 Å². The number of carboxylic acid groups (broad SMARTS) is 1. The van der Waals surface area contributed by atoms with E-state index in [0.717, 1.165) is 19.3 Å². The van der Waals surface area contributed by atoms with Gasteiger partial charge in [0.05, 0.1) is 5.92 Å². The monoisotopic (exact) mass is 283 g/mol. The fourth-order valence-corrected chi connectivity index (χ4v) is 3.40. The molecule has 1 saturated carbocycles.